The van der Waals surface area contributed by atoms with Crippen molar-refractivity contribution in [1.29, 1.82) is 0 Å². The third kappa shape index (κ3) is 4.80. The lowest BCUT2D eigenvalue weighted by molar-refractivity contribution is -0.142. The van der Waals surface area contributed by atoms with Crippen molar-refractivity contribution >= 4 is 35.2 Å². The van der Waals surface area contributed by atoms with Gasteiger partial charge in [0.05, 0.1) is 5.02 Å². The summed E-state index contributed by atoms with van der Waals surface area (Å²) in [6.45, 7) is 3.68. The average molecular weight is 388 g/mol. The standard InChI is InChI=1S/C20H18ClNO5/c1-12-3-5-15(7-13(12)2)22-18(23)10-25-19(24)6-4-14-8-16(21)20-17(9-14)26-11-27-20/h3-9H,10-11H2,1-2H3,(H,22,23)/b6-4+. The summed E-state index contributed by atoms with van der Waals surface area (Å²) >= 11 is 6.08. The van der Waals surface area contributed by atoms with Crippen LogP contribution in [0.5, 0.6) is 11.5 Å². The SMILES string of the molecule is Cc1ccc(NC(=O)COC(=O)/C=C/c2cc(Cl)c3c(c2)OCO3)cc1C. The van der Waals surface area contributed by atoms with Crippen LogP contribution in [0.3, 0.4) is 0 Å². The minimum absolute atomic E-state index is 0.111. The van der Waals surface area contributed by atoms with Gasteiger partial charge in [-0.05, 0) is 60.9 Å². The van der Waals surface area contributed by atoms with Gasteiger partial charge in [0, 0.05) is 11.8 Å². The highest BCUT2D eigenvalue weighted by Crippen LogP contribution is 2.40. The van der Waals surface area contributed by atoms with Crippen molar-refractivity contribution in [3.8, 4) is 11.5 Å². The number of halogens is 1. The molecule has 0 radical (unpaired) electrons. The first-order valence-electron chi connectivity index (χ1n) is 8.23. The van der Waals surface area contributed by atoms with Gasteiger partial charge in [0.15, 0.2) is 18.1 Å². The molecule has 0 aliphatic carbocycles. The van der Waals surface area contributed by atoms with Crippen LogP contribution >= 0.6 is 11.6 Å². The van der Waals surface area contributed by atoms with Gasteiger partial charge in [0.25, 0.3) is 5.91 Å². The molecule has 0 fully saturated rings. The van der Waals surface area contributed by atoms with E-state index in [-0.39, 0.29) is 13.4 Å². The Morgan fingerprint density at radius 1 is 1.19 bits per heavy atom. The molecule has 2 aromatic rings. The van der Waals surface area contributed by atoms with E-state index >= 15 is 0 Å². The Hall–Kier alpha value is -2.99. The van der Waals surface area contributed by atoms with Crippen molar-refractivity contribution < 1.29 is 23.8 Å². The van der Waals surface area contributed by atoms with Crippen LogP contribution < -0.4 is 14.8 Å². The fraction of sp³-hybridized carbons (Fsp3) is 0.200. The fourth-order valence-electron chi connectivity index (χ4n) is 2.45. The number of amides is 1. The van der Waals surface area contributed by atoms with Crippen molar-refractivity contribution in [2.24, 2.45) is 0 Å². The van der Waals surface area contributed by atoms with Crippen LogP contribution in [0.4, 0.5) is 5.69 Å². The topological polar surface area (TPSA) is 73.9 Å². The van der Waals surface area contributed by atoms with E-state index in [0.29, 0.717) is 27.8 Å². The van der Waals surface area contributed by atoms with Gasteiger partial charge in [-0.1, -0.05) is 17.7 Å². The van der Waals surface area contributed by atoms with Gasteiger partial charge in [-0.2, -0.15) is 0 Å². The molecule has 27 heavy (non-hydrogen) atoms. The van der Waals surface area contributed by atoms with E-state index in [1.54, 1.807) is 18.2 Å². The number of benzene rings is 2. The summed E-state index contributed by atoms with van der Waals surface area (Å²) in [5.41, 5.74) is 3.51. The molecule has 0 saturated carbocycles. The van der Waals surface area contributed by atoms with E-state index in [1.165, 1.54) is 12.2 Å². The Morgan fingerprint density at radius 3 is 2.78 bits per heavy atom. The van der Waals surface area contributed by atoms with Crippen LogP contribution in [-0.2, 0) is 14.3 Å². The molecule has 1 amide bonds. The summed E-state index contributed by atoms with van der Waals surface area (Å²) in [6.07, 6.45) is 2.74. The first-order chi connectivity index (χ1) is 12.9. The van der Waals surface area contributed by atoms with Crippen LogP contribution in [0.25, 0.3) is 6.08 Å². The Morgan fingerprint density at radius 2 is 2.00 bits per heavy atom. The second-order valence-electron chi connectivity index (χ2n) is 6.02. The molecule has 0 spiro atoms. The molecular formula is C20H18ClNO5. The lowest BCUT2D eigenvalue weighted by Crippen LogP contribution is -2.20. The number of hydrogen-bond donors (Lipinski definition) is 1. The Bertz CT molecular complexity index is 923. The molecule has 1 heterocycles. The quantitative estimate of drug-likeness (QED) is 0.622. The maximum atomic E-state index is 11.9. The summed E-state index contributed by atoms with van der Waals surface area (Å²) in [5.74, 6) is -0.0483. The monoisotopic (exact) mass is 387 g/mol. The normalized spacial score (nSPS) is 12.3. The summed E-state index contributed by atoms with van der Waals surface area (Å²) < 4.78 is 15.4. The maximum Gasteiger partial charge on any atom is 0.331 e. The van der Waals surface area contributed by atoms with E-state index in [0.717, 1.165) is 11.1 Å². The first-order valence-corrected chi connectivity index (χ1v) is 8.61. The number of hydrogen-bond acceptors (Lipinski definition) is 5. The molecule has 7 heteroatoms. The molecule has 0 unspecified atom stereocenters. The van der Waals surface area contributed by atoms with Gasteiger partial charge < -0.3 is 19.5 Å². The van der Waals surface area contributed by atoms with Gasteiger partial charge in [-0.3, -0.25) is 4.79 Å². The van der Waals surface area contributed by atoms with Crippen molar-refractivity contribution in [2.75, 3.05) is 18.7 Å². The zero-order valence-electron chi connectivity index (χ0n) is 14.9. The summed E-state index contributed by atoms with van der Waals surface area (Å²) in [6, 6.07) is 8.91. The van der Waals surface area contributed by atoms with Crippen LogP contribution in [0.15, 0.2) is 36.4 Å². The Kier molecular flexibility index (Phi) is 5.66. The smallest absolute Gasteiger partial charge is 0.331 e. The molecule has 2 aromatic carbocycles. The molecule has 1 N–H and O–H groups in total. The van der Waals surface area contributed by atoms with Crippen LogP contribution in [-0.4, -0.2) is 25.3 Å². The van der Waals surface area contributed by atoms with Crippen molar-refractivity contribution in [1.82, 2.24) is 0 Å². The van der Waals surface area contributed by atoms with E-state index in [4.69, 9.17) is 25.8 Å². The van der Waals surface area contributed by atoms with Gasteiger partial charge in [0.2, 0.25) is 6.79 Å². The number of nitrogens with one attached hydrogen (secondary N) is 1. The second kappa shape index (κ2) is 8.14. The zero-order chi connectivity index (χ0) is 19.4. The molecule has 0 atom stereocenters. The van der Waals surface area contributed by atoms with Crippen molar-refractivity contribution in [3.05, 3.63) is 58.1 Å². The number of aryl methyl sites for hydroxylation is 2. The van der Waals surface area contributed by atoms with Crippen molar-refractivity contribution in [3.63, 3.8) is 0 Å². The van der Waals surface area contributed by atoms with Gasteiger partial charge in [-0.25, -0.2) is 4.79 Å². The van der Waals surface area contributed by atoms with Gasteiger partial charge >= 0.3 is 5.97 Å². The van der Waals surface area contributed by atoms with Crippen molar-refractivity contribution in [2.45, 2.75) is 13.8 Å². The molecule has 0 bridgehead atoms. The Balaban J connectivity index is 1.52. The minimum atomic E-state index is -0.640. The van der Waals surface area contributed by atoms with Crippen LogP contribution in [0, 0.1) is 13.8 Å². The largest absolute Gasteiger partial charge is 0.454 e. The van der Waals surface area contributed by atoms with Gasteiger partial charge in [-0.15, -0.1) is 0 Å². The number of esters is 1. The molecule has 6 nitrogen and oxygen atoms in total. The second-order valence-corrected chi connectivity index (χ2v) is 6.43. The van der Waals surface area contributed by atoms with Crippen LogP contribution in [0.2, 0.25) is 5.02 Å². The number of rotatable bonds is 5. The summed E-state index contributed by atoms with van der Waals surface area (Å²) in [5, 5.41) is 3.08. The zero-order valence-corrected chi connectivity index (χ0v) is 15.6. The molecule has 0 aromatic heterocycles. The Labute approximate surface area is 161 Å². The van der Waals surface area contributed by atoms with Crippen LogP contribution in [0.1, 0.15) is 16.7 Å². The number of carbonyl (C=O) groups excluding carboxylic acids is 2. The average Bonchev–Trinajstić information content (AvgIpc) is 3.10. The first kappa shape index (κ1) is 18.8. The minimum Gasteiger partial charge on any atom is -0.454 e. The van der Waals surface area contributed by atoms with E-state index < -0.39 is 11.9 Å². The predicted octanol–water partition coefficient (Wildman–Crippen LogP) is 3.88. The molecule has 140 valence electrons. The molecular weight excluding hydrogens is 370 g/mol. The van der Waals surface area contributed by atoms with E-state index in [1.807, 2.05) is 26.0 Å². The highest BCUT2D eigenvalue weighted by molar-refractivity contribution is 6.32. The molecule has 1 aliphatic heterocycles. The van der Waals surface area contributed by atoms with Gasteiger partial charge in [0.1, 0.15) is 0 Å². The highest BCUT2D eigenvalue weighted by atomic mass is 35.5. The fourth-order valence-corrected chi connectivity index (χ4v) is 2.72. The number of fused-ring (bicyclic) bond motifs is 1. The third-order valence-electron chi connectivity index (χ3n) is 4.00. The van der Waals surface area contributed by atoms with E-state index in [9.17, 15) is 9.59 Å². The third-order valence-corrected chi connectivity index (χ3v) is 4.28. The summed E-state index contributed by atoms with van der Waals surface area (Å²) in [7, 11) is 0. The number of anilines is 1. The summed E-state index contributed by atoms with van der Waals surface area (Å²) in [4.78, 5) is 23.7. The number of carbonyl (C=O) groups is 2. The predicted molar refractivity (Wildman–Crippen MR) is 102 cm³/mol. The molecule has 0 saturated heterocycles. The lowest BCUT2D eigenvalue weighted by atomic mass is 10.1. The maximum absolute atomic E-state index is 11.9. The number of ether oxygens (including phenoxy) is 3. The molecule has 3 rings (SSSR count). The highest BCUT2D eigenvalue weighted by Gasteiger charge is 2.17. The van der Waals surface area contributed by atoms with E-state index in [2.05, 4.69) is 5.32 Å². The lowest BCUT2D eigenvalue weighted by Gasteiger charge is -2.07. The molecule has 1 aliphatic rings.